The standard InChI is InChI=1S/C53H102O6/c1-5-7-9-11-13-15-17-19-21-22-23-24-26-28-30-32-38-42-46-53(56)59-50(48-58-52(55)45-41-37-34-33-35-39-43-49(3)4)47-57-51(54)44-40-36-31-29-27-25-20-18-16-14-12-10-8-6-2/h49-50H,5-48H2,1-4H3/t50-/m1/s1. The molecular weight excluding hydrogens is 733 g/mol. The first-order valence-electron chi connectivity index (χ1n) is 26.4. The zero-order valence-electron chi connectivity index (χ0n) is 40.2. The van der Waals surface area contributed by atoms with Crippen LogP contribution >= 0.6 is 0 Å². The van der Waals surface area contributed by atoms with Crippen LogP contribution < -0.4 is 0 Å². The Morgan fingerprint density at radius 1 is 0.322 bits per heavy atom. The highest BCUT2D eigenvalue weighted by Crippen LogP contribution is 2.17. The smallest absolute Gasteiger partial charge is 0.306 e. The third kappa shape index (κ3) is 47.3. The van der Waals surface area contributed by atoms with Crippen LogP contribution in [0.25, 0.3) is 0 Å². The van der Waals surface area contributed by atoms with Crippen LogP contribution in [0.4, 0.5) is 0 Å². The SMILES string of the molecule is CCCCCCCCCCCCCCCCCCCCC(=O)O[C@H](COC(=O)CCCCCCCCCCCCCCCC)COC(=O)CCCCCCCCC(C)C. The highest BCUT2D eigenvalue weighted by Gasteiger charge is 2.19. The lowest BCUT2D eigenvalue weighted by Crippen LogP contribution is -2.30. The first-order valence-corrected chi connectivity index (χ1v) is 26.4. The number of hydrogen-bond acceptors (Lipinski definition) is 6. The molecule has 0 spiro atoms. The fourth-order valence-electron chi connectivity index (χ4n) is 8.04. The highest BCUT2D eigenvalue weighted by atomic mass is 16.6. The van der Waals surface area contributed by atoms with E-state index < -0.39 is 6.10 Å². The first kappa shape index (κ1) is 57.4. The fourth-order valence-corrected chi connectivity index (χ4v) is 8.04. The second kappa shape index (κ2) is 47.5. The maximum atomic E-state index is 12.8. The topological polar surface area (TPSA) is 78.9 Å². The number of carbonyl (C=O) groups is 3. The third-order valence-electron chi connectivity index (χ3n) is 12.0. The van der Waals surface area contributed by atoms with Gasteiger partial charge in [-0.1, -0.05) is 259 Å². The molecule has 0 saturated heterocycles. The molecule has 6 nitrogen and oxygen atoms in total. The normalized spacial score (nSPS) is 11.9. The molecule has 0 fully saturated rings. The van der Waals surface area contributed by atoms with E-state index in [9.17, 15) is 14.4 Å². The summed E-state index contributed by atoms with van der Waals surface area (Å²) in [7, 11) is 0. The summed E-state index contributed by atoms with van der Waals surface area (Å²) in [5.74, 6) is -0.0850. The van der Waals surface area contributed by atoms with Gasteiger partial charge in [0.2, 0.25) is 0 Å². The van der Waals surface area contributed by atoms with Gasteiger partial charge in [0, 0.05) is 19.3 Å². The van der Waals surface area contributed by atoms with Crippen molar-refractivity contribution in [3.63, 3.8) is 0 Å². The summed E-state index contributed by atoms with van der Waals surface area (Å²) in [5, 5.41) is 0. The minimum atomic E-state index is -0.761. The number of esters is 3. The van der Waals surface area contributed by atoms with Gasteiger partial charge < -0.3 is 14.2 Å². The molecule has 0 amide bonds. The molecule has 0 radical (unpaired) electrons. The van der Waals surface area contributed by atoms with Gasteiger partial charge in [-0.3, -0.25) is 14.4 Å². The summed E-state index contributed by atoms with van der Waals surface area (Å²) in [6.45, 7) is 8.96. The molecule has 0 aliphatic carbocycles. The molecule has 0 aromatic carbocycles. The molecule has 59 heavy (non-hydrogen) atoms. The molecule has 0 heterocycles. The lowest BCUT2D eigenvalue weighted by atomic mass is 10.0. The van der Waals surface area contributed by atoms with Gasteiger partial charge in [-0.15, -0.1) is 0 Å². The van der Waals surface area contributed by atoms with E-state index in [1.165, 1.54) is 193 Å². The molecule has 0 saturated carbocycles. The van der Waals surface area contributed by atoms with Crippen LogP contribution in [0.1, 0.15) is 297 Å². The van der Waals surface area contributed by atoms with E-state index in [0.717, 1.165) is 63.7 Å². The Kier molecular flexibility index (Phi) is 46.2. The van der Waals surface area contributed by atoms with Crippen molar-refractivity contribution < 1.29 is 28.6 Å². The lowest BCUT2D eigenvalue weighted by Gasteiger charge is -2.18. The number of rotatable bonds is 48. The maximum Gasteiger partial charge on any atom is 0.306 e. The van der Waals surface area contributed by atoms with Crippen molar-refractivity contribution >= 4 is 17.9 Å². The minimum absolute atomic E-state index is 0.0635. The van der Waals surface area contributed by atoms with Gasteiger partial charge in [0.25, 0.3) is 0 Å². The van der Waals surface area contributed by atoms with Crippen LogP contribution in [0.2, 0.25) is 0 Å². The second-order valence-corrected chi connectivity index (χ2v) is 18.6. The van der Waals surface area contributed by atoms with E-state index in [0.29, 0.717) is 19.3 Å². The monoisotopic (exact) mass is 835 g/mol. The summed E-state index contributed by atoms with van der Waals surface area (Å²) in [6.07, 6.45) is 49.6. The van der Waals surface area contributed by atoms with Crippen LogP contribution in [-0.4, -0.2) is 37.2 Å². The minimum Gasteiger partial charge on any atom is -0.462 e. The molecule has 0 bridgehead atoms. The van der Waals surface area contributed by atoms with Crippen molar-refractivity contribution in [2.45, 2.75) is 303 Å². The molecule has 0 aromatic heterocycles. The van der Waals surface area contributed by atoms with Crippen molar-refractivity contribution in [1.82, 2.24) is 0 Å². The van der Waals surface area contributed by atoms with Crippen LogP contribution in [0, 0.1) is 5.92 Å². The van der Waals surface area contributed by atoms with Gasteiger partial charge in [0.1, 0.15) is 13.2 Å². The Hall–Kier alpha value is -1.59. The Balaban J connectivity index is 4.24. The molecule has 0 aliphatic heterocycles. The van der Waals surface area contributed by atoms with E-state index in [1.807, 2.05) is 0 Å². The van der Waals surface area contributed by atoms with Crippen LogP contribution in [0.3, 0.4) is 0 Å². The maximum absolute atomic E-state index is 12.8. The fraction of sp³-hybridized carbons (Fsp3) is 0.943. The first-order chi connectivity index (χ1) is 28.9. The predicted molar refractivity (Wildman–Crippen MR) is 252 cm³/mol. The Bertz CT molecular complexity index is 887. The van der Waals surface area contributed by atoms with E-state index in [4.69, 9.17) is 14.2 Å². The molecule has 0 aliphatic rings. The molecule has 6 heteroatoms. The highest BCUT2D eigenvalue weighted by molar-refractivity contribution is 5.71. The molecule has 0 unspecified atom stereocenters. The van der Waals surface area contributed by atoms with E-state index in [1.54, 1.807) is 0 Å². The molecule has 0 N–H and O–H groups in total. The molecule has 1 atom stereocenters. The van der Waals surface area contributed by atoms with E-state index >= 15 is 0 Å². The zero-order chi connectivity index (χ0) is 43.1. The summed E-state index contributed by atoms with van der Waals surface area (Å²) in [5.41, 5.74) is 0. The lowest BCUT2D eigenvalue weighted by molar-refractivity contribution is -0.167. The number of hydrogen-bond donors (Lipinski definition) is 0. The quantitative estimate of drug-likeness (QED) is 0.0345. The van der Waals surface area contributed by atoms with Crippen LogP contribution in [-0.2, 0) is 28.6 Å². The molecule has 350 valence electrons. The van der Waals surface area contributed by atoms with Gasteiger partial charge in [0.05, 0.1) is 0 Å². The van der Waals surface area contributed by atoms with Gasteiger partial charge in [-0.05, 0) is 25.2 Å². The second-order valence-electron chi connectivity index (χ2n) is 18.6. The largest absolute Gasteiger partial charge is 0.462 e. The number of carbonyl (C=O) groups excluding carboxylic acids is 3. The average Bonchev–Trinajstić information content (AvgIpc) is 3.22. The van der Waals surface area contributed by atoms with Crippen molar-refractivity contribution in [1.29, 1.82) is 0 Å². The summed E-state index contributed by atoms with van der Waals surface area (Å²) in [4.78, 5) is 37.9. The zero-order valence-corrected chi connectivity index (χ0v) is 40.2. The third-order valence-corrected chi connectivity index (χ3v) is 12.0. The Morgan fingerprint density at radius 3 is 0.831 bits per heavy atom. The molecule has 0 aromatic rings. The molecular formula is C53H102O6. The summed E-state index contributed by atoms with van der Waals surface area (Å²) in [6, 6.07) is 0. The Morgan fingerprint density at radius 2 is 0.559 bits per heavy atom. The van der Waals surface area contributed by atoms with Gasteiger partial charge in [-0.25, -0.2) is 0 Å². The number of unbranched alkanes of at least 4 members (excludes halogenated alkanes) is 35. The van der Waals surface area contributed by atoms with Crippen molar-refractivity contribution in [2.75, 3.05) is 13.2 Å². The van der Waals surface area contributed by atoms with Crippen molar-refractivity contribution in [3.05, 3.63) is 0 Å². The summed E-state index contributed by atoms with van der Waals surface area (Å²) >= 11 is 0. The van der Waals surface area contributed by atoms with E-state index in [-0.39, 0.29) is 31.1 Å². The van der Waals surface area contributed by atoms with Crippen LogP contribution in [0.5, 0.6) is 0 Å². The van der Waals surface area contributed by atoms with Crippen molar-refractivity contribution in [3.8, 4) is 0 Å². The Labute approximate surface area is 368 Å². The average molecular weight is 835 g/mol. The van der Waals surface area contributed by atoms with E-state index in [2.05, 4.69) is 27.7 Å². The summed E-state index contributed by atoms with van der Waals surface area (Å²) < 4.78 is 16.8. The predicted octanol–water partition coefficient (Wildman–Crippen LogP) is 17.1. The van der Waals surface area contributed by atoms with Crippen molar-refractivity contribution in [2.24, 2.45) is 5.92 Å². The van der Waals surface area contributed by atoms with Crippen LogP contribution in [0.15, 0.2) is 0 Å². The van der Waals surface area contributed by atoms with Gasteiger partial charge >= 0.3 is 17.9 Å². The number of ether oxygens (including phenoxy) is 3. The van der Waals surface area contributed by atoms with Gasteiger partial charge in [-0.2, -0.15) is 0 Å². The van der Waals surface area contributed by atoms with Gasteiger partial charge in [0.15, 0.2) is 6.10 Å². The molecule has 0 rings (SSSR count).